The van der Waals surface area contributed by atoms with Crippen molar-refractivity contribution in [2.24, 2.45) is 0 Å². The first-order chi connectivity index (χ1) is 12.8. The fraction of sp³-hybridized carbons (Fsp3) is 0.318. The summed E-state index contributed by atoms with van der Waals surface area (Å²) in [6.07, 6.45) is 2.41. The van der Waals surface area contributed by atoms with Crippen molar-refractivity contribution in [3.63, 3.8) is 0 Å². The Morgan fingerprint density at radius 2 is 1.81 bits per heavy atom. The average molecular weight is 364 g/mol. The zero-order valence-electron chi connectivity index (χ0n) is 15.1. The first-order valence-electron chi connectivity index (χ1n) is 9.35. The fourth-order valence-corrected chi connectivity index (χ4v) is 4.50. The second-order valence-corrected chi connectivity index (χ2v) is 7.88. The third-order valence-corrected chi connectivity index (χ3v) is 5.98. The van der Waals surface area contributed by atoms with Crippen molar-refractivity contribution in [3.05, 3.63) is 76.7 Å². The number of rotatable bonds is 5. The quantitative estimate of drug-likeness (QED) is 0.690. The van der Waals surface area contributed by atoms with Crippen molar-refractivity contribution in [1.82, 2.24) is 15.0 Å². The summed E-state index contributed by atoms with van der Waals surface area (Å²) < 4.78 is 4.71. The van der Waals surface area contributed by atoms with Crippen LogP contribution in [-0.2, 0) is 6.54 Å². The zero-order valence-corrected chi connectivity index (χ0v) is 15.9. The highest BCUT2D eigenvalue weighted by Gasteiger charge is 2.26. The number of hydrogen-bond acceptors (Lipinski definition) is 4. The van der Waals surface area contributed by atoms with Gasteiger partial charge in [-0.3, -0.25) is 0 Å². The molecule has 2 aromatic carbocycles. The van der Waals surface area contributed by atoms with Crippen molar-refractivity contribution in [2.45, 2.75) is 38.4 Å². The van der Waals surface area contributed by atoms with Gasteiger partial charge in [-0.2, -0.15) is 4.37 Å². The predicted molar refractivity (Wildman–Crippen MR) is 109 cm³/mol. The molecule has 3 nitrogen and oxygen atoms in total. The number of nitrogens with one attached hydrogen (secondary N) is 2. The summed E-state index contributed by atoms with van der Waals surface area (Å²) >= 11 is 1.60. The minimum atomic E-state index is 0.372. The lowest BCUT2D eigenvalue weighted by Crippen LogP contribution is -2.45. The smallest absolute Gasteiger partial charge is 0.0888 e. The number of aryl methyl sites for hydroxylation is 1. The molecule has 2 N–H and O–H groups in total. The van der Waals surface area contributed by atoms with Gasteiger partial charge < -0.3 is 10.6 Å². The number of hydrogen-bond donors (Lipinski definition) is 2. The lowest BCUT2D eigenvalue weighted by Gasteiger charge is -2.34. The lowest BCUT2D eigenvalue weighted by atomic mass is 9.92. The molecule has 0 saturated carbocycles. The standard InChI is InChI=1S/C22H25N3S/c1-16-19(21(25-26-16)17-9-4-2-5-10-17)15-24-20-13-8-14-23-22(20)18-11-6-3-7-12-18/h2-7,9-12,20,22-24H,8,13-15H2,1H3. The van der Waals surface area contributed by atoms with E-state index in [4.69, 9.17) is 4.37 Å². The third kappa shape index (κ3) is 3.73. The predicted octanol–water partition coefficient (Wildman–Crippen LogP) is 4.70. The number of piperidine rings is 1. The fourth-order valence-electron chi connectivity index (χ4n) is 3.77. The molecule has 1 saturated heterocycles. The Bertz CT molecular complexity index is 829. The molecule has 0 spiro atoms. The summed E-state index contributed by atoms with van der Waals surface area (Å²) in [7, 11) is 0. The van der Waals surface area contributed by atoms with Gasteiger partial charge in [0.2, 0.25) is 0 Å². The Hall–Kier alpha value is -2.01. The van der Waals surface area contributed by atoms with Crippen LogP contribution in [0.2, 0.25) is 0 Å². The van der Waals surface area contributed by atoms with Gasteiger partial charge in [-0.15, -0.1) is 0 Å². The van der Waals surface area contributed by atoms with E-state index in [1.807, 2.05) is 0 Å². The number of aromatic nitrogens is 1. The van der Waals surface area contributed by atoms with Gasteiger partial charge in [-0.05, 0) is 43.4 Å². The van der Waals surface area contributed by atoms with Crippen LogP contribution in [-0.4, -0.2) is 17.0 Å². The molecule has 2 unspecified atom stereocenters. The summed E-state index contributed by atoms with van der Waals surface area (Å²) in [5.74, 6) is 0. The zero-order chi connectivity index (χ0) is 17.8. The van der Waals surface area contributed by atoms with E-state index in [1.54, 1.807) is 11.5 Å². The van der Waals surface area contributed by atoms with Crippen LogP contribution in [0.15, 0.2) is 60.7 Å². The van der Waals surface area contributed by atoms with Gasteiger partial charge in [0.05, 0.1) is 5.69 Å². The van der Waals surface area contributed by atoms with E-state index in [0.717, 1.165) is 18.8 Å². The molecule has 1 aliphatic rings. The van der Waals surface area contributed by atoms with E-state index in [0.29, 0.717) is 12.1 Å². The molecule has 26 heavy (non-hydrogen) atoms. The van der Waals surface area contributed by atoms with E-state index in [9.17, 15) is 0 Å². The maximum Gasteiger partial charge on any atom is 0.0888 e. The summed E-state index contributed by atoms with van der Waals surface area (Å²) in [6.45, 7) is 4.13. The Balaban J connectivity index is 1.52. The second kappa shape index (κ2) is 8.12. The van der Waals surface area contributed by atoms with E-state index in [2.05, 4.69) is 78.2 Å². The van der Waals surface area contributed by atoms with Crippen LogP contribution in [0.5, 0.6) is 0 Å². The molecule has 2 atom stereocenters. The largest absolute Gasteiger partial charge is 0.309 e. The first-order valence-corrected chi connectivity index (χ1v) is 10.1. The van der Waals surface area contributed by atoms with E-state index in [1.165, 1.54) is 34.4 Å². The van der Waals surface area contributed by atoms with Crippen LogP contribution in [0.25, 0.3) is 11.3 Å². The maximum absolute atomic E-state index is 4.71. The van der Waals surface area contributed by atoms with Crippen LogP contribution in [0.4, 0.5) is 0 Å². The van der Waals surface area contributed by atoms with E-state index < -0.39 is 0 Å². The molecule has 1 aliphatic heterocycles. The van der Waals surface area contributed by atoms with Crippen molar-refractivity contribution in [2.75, 3.05) is 6.54 Å². The van der Waals surface area contributed by atoms with Crippen LogP contribution in [0, 0.1) is 6.92 Å². The first kappa shape index (κ1) is 17.4. The molecule has 0 bridgehead atoms. The lowest BCUT2D eigenvalue weighted by molar-refractivity contribution is 0.304. The normalized spacial score (nSPS) is 20.2. The minimum Gasteiger partial charge on any atom is -0.309 e. The van der Waals surface area contributed by atoms with Crippen LogP contribution in [0.3, 0.4) is 0 Å². The molecule has 2 heterocycles. The van der Waals surface area contributed by atoms with Crippen molar-refractivity contribution >= 4 is 11.5 Å². The topological polar surface area (TPSA) is 37.0 Å². The monoisotopic (exact) mass is 363 g/mol. The van der Waals surface area contributed by atoms with Crippen LogP contribution in [0.1, 0.15) is 34.9 Å². The summed E-state index contributed by atoms with van der Waals surface area (Å²) in [4.78, 5) is 1.30. The molecule has 0 amide bonds. The Morgan fingerprint density at radius 3 is 2.58 bits per heavy atom. The van der Waals surface area contributed by atoms with Crippen LogP contribution < -0.4 is 10.6 Å². The number of benzene rings is 2. The molecular formula is C22H25N3S. The van der Waals surface area contributed by atoms with Gasteiger partial charge >= 0.3 is 0 Å². The molecule has 3 aromatic rings. The Labute approximate surface area is 159 Å². The summed E-state index contributed by atoms with van der Waals surface area (Å²) in [6, 6.07) is 22.1. The minimum absolute atomic E-state index is 0.372. The van der Waals surface area contributed by atoms with Gasteiger partial charge in [0.1, 0.15) is 0 Å². The van der Waals surface area contributed by atoms with Gasteiger partial charge in [0.15, 0.2) is 0 Å². The van der Waals surface area contributed by atoms with Crippen molar-refractivity contribution < 1.29 is 0 Å². The molecular weight excluding hydrogens is 338 g/mol. The van der Waals surface area contributed by atoms with E-state index >= 15 is 0 Å². The highest BCUT2D eigenvalue weighted by molar-refractivity contribution is 7.06. The highest BCUT2D eigenvalue weighted by atomic mass is 32.1. The molecule has 0 aliphatic carbocycles. The summed E-state index contributed by atoms with van der Waals surface area (Å²) in [5, 5.41) is 7.53. The average Bonchev–Trinajstić information content (AvgIpc) is 3.08. The molecule has 1 aromatic heterocycles. The van der Waals surface area contributed by atoms with Gasteiger partial charge in [-0.25, -0.2) is 0 Å². The Kier molecular flexibility index (Phi) is 5.44. The highest BCUT2D eigenvalue weighted by Crippen LogP contribution is 2.29. The molecule has 4 rings (SSSR count). The SMILES string of the molecule is Cc1snc(-c2ccccc2)c1CNC1CCCNC1c1ccccc1. The van der Waals surface area contributed by atoms with Gasteiger partial charge in [-0.1, -0.05) is 60.7 Å². The van der Waals surface area contributed by atoms with Gasteiger partial charge in [0, 0.05) is 34.6 Å². The molecule has 4 heteroatoms. The maximum atomic E-state index is 4.71. The van der Waals surface area contributed by atoms with Crippen LogP contribution >= 0.6 is 11.5 Å². The second-order valence-electron chi connectivity index (χ2n) is 6.90. The Morgan fingerprint density at radius 1 is 1.08 bits per heavy atom. The van der Waals surface area contributed by atoms with Gasteiger partial charge in [0.25, 0.3) is 0 Å². The molecule has 1 fully saturated rings. The molecule has 0 radical (unpaired) electrons. The molecule has 134 valence electrons. The third-order valence-electron chi connectivity index (χ3n) is 5.19. The summed E-state index contributed by atoms with van der Waals surface area (Å²) in [5.41, 5.74) is 5.03. The number of nitrogens with zero attached hydrogens (tertiary/aromatic N) is 1. The van der Waals surface area contributed by atoms with E-state index in [-0.39, 0.29) is 0 Å². The van der Waals surface area contributed by atoms with Crippen molar-refractivity contribution in [1.29, 1.82) is 0 Å². The van der Waals surface area contributed by atoms with Crippen molar-refractivity contribution in [3.8, 4) is 11.3 Å².